The number of furan rings is 1. The van der Waals surface area contributed by atoms with E-state index in [0.717, 1.165) is 22.5 Å². The molecule has 5 rings (SSSR count). The first-order chi connectivity index (χ1) is 11.3. The SMILES string of the molecule is O=C1C[C@@H](c2ccco2)Cc2nc3nc4ccccc4n3cc21. The van der Waals surface area contributed by atoms with E-state index in [9.17, 15) is 4.79 Å². The first-order valence-electron chi connectivity index (χ1n) is 7.63. The van der Waals surface area contributed by atoms with Crippen molar-refractivity contribution >= 4 is 22.6 Å². The van der Waals surface area contributed by atoms with Crippen LogP contribution in [-0.4, -0.2) is 20.2 Å². The Morgan fingerprint density at radius 1 is 1.09 bits per heavy atom. The summed E-state index contributed by atoms with van der Waals surface area (Å²) in [6.07, 6.45) is 4.69. The maximum atomic E-state index is 12.6. The number of ketones is 1. The molecule has 0 bridgehead atoms. The van der Waals surface area contributed by atoms with Gasteiger partial charge >= 0.3 is 0 Å². The van der Waals surface area contributed by atoms with E-state index in [2.05, 4.69) is 9.97 Å². The highest BCUT2D eigenvalue weighted by Gasteiger charge is 2.29. The summed E-state index contributed by atoms with van der Waals surface area (Å²) in [5.41, 5.74) is 3.37. The fraction of sp³-hybridized carbons (Fsp3) is 0.167. The molecule has 3 heterocycles. The van der Waals surface area contributed by atoms with E-state index in [4.69, 9.17) is 4.42 Å². The average molecular weight is 303 g/mol. The topological polar surface area (TPSA) is 60.4 Å². The Balaban J connectivity index is 1.70. The number of Topliss-reactive ketones (excluding diaryl/α,β-unsaturated/α-hetero) is 1. The molecule has 0 amide bonds. The fourth-order valence-corrected chi connectivity index (χ4v) is 3.38. The largest absolute Gasteiger partial charge is 0.469 e. The zero-order valence-corrected chi connectivity index (χ0v) is 12.3. The van der Waals surface area contributed by atoms with Crippen molar-refractivity contribution in [3.63, 3.8) is 0 Å². The van der Waals surface area contributed by atoms with Crippen LogP contribution >= 0.6 is 0 Å². The molecule has 1 aliphatic carbocycles. The normalized spacial score (nSPS) is 17.7. The first kappa shape index (κ1) is 12.6. The van der Waals surface area contributed by atoms with Crippen LogP contribution in [0.15, 0.2) is 53.3 Å². The van der Waals surface area contributed by atoms with Crippen LogP contribution in [0.4, 0.5) is 0 Å². The van der Waals surface area contributed by atoms with Gasteiger partial charge in [-0.1, -0.05) is 12.1 Å². The molecule has 1 aromatic carbocycles. The van der Waals surface area contributed by atoms with Crippen molar-refractivity contribution in [3.8, 4) is 0 Å². The van der Waals surface area contributed by atoms with Gasteiger partial charge in [-0.05, 0) is 24.3 Å². The van der Waals surface area contributed by atoms with Crippen LogP contribution in [0.1, 0.15) is 34.2 Å². The third kappa shape index (κ3) is 1.83. The molecule has 23 heavy (non-hydrogen) atoms. The molecule has 0 spiro atoms. The molecule has 0 fully saturated rings. The Labute approximate surface area is 131 Å². The number of carbonyl (C=O) groups excluding carboxylic acids is 1. The molecule has 5 nitrogen and oxygen atoms in total. The molecule has 0 saturated carbocycles. The van der Waals surface area contributed by atoms with Gasteiger partial charge in [-0.15, -0.1) is 0 Å². The van der Waals surface area contributed by atoms with E-state index in [-0.39, 0.29) is 11.7 Å². The van der Waals surface area contributed by atoms with Crippen molar-refractivity contribution in [2.24, 2.45) is 0 Å². The van der Waals surface area contributed by atoms with E-state index < -0.39 is 0 Å². The lowest BCUT2D eigenvalue weighted by molar-refractivity contribution is 0.0958. The molecule has 112 valence electrons. The van der Waals surface area contributed by atoms with Gasteiger partial charge < -0.3 is 4.42 Å². The molecule has 5 heteroatoms. The Bertz CT molecular complexity index is 1050. The Hall–Kier alpha value is -2.95. The molecule has 0 aliphatic heterocycles. The Morgan fingerprint density at radius 2 is 2.00 bits per heavy atom. The standard InChI is InChI=1S/C18H13N3O2/c22-16-9-11(17-6-3-7-23-17)8-14-12(16)10-21-15-5-2-1-4-13(15)19-18(21)20-14/h1-7,10-11H,8-9H2/t11-/m0/s1. The Kier molecular flexibility index (Phi) is 2.47. The van der Waals surface area contributed by atoms with Crippen LogP contribution in [0.3, 0.4) is 0 Å². The van der Waals surface area contributed by atoms with E-state index in [0.29, 0.717) is 24.2 Å². The second-order valence-corrected chi connectivity index (χ2v) is 5.92. The van der Waals surface area contributed by atoms with Crippen LogP contribution in [0, 0.1) is 0 Å². The number of hydrogen-bond donors (Lipinski definition) is 0. The van der Waals surface area contributed by atoms with Gasteiger partial charge in [-0.2, -0.15) is 0 Å². The van der Waals surface area contributed by atoms with E-state index >= 15 is 0 Å². The monoisotopic (exact) mass is 303 g/mol. The number of imidazole rings is 1. The summed E-state index contributed by atoms with van der Waals surface area (Å²) < 4.78 is 7.37. The smallest absolute Gasteiger partial charge is 0.235 e. The van der Waals surface area contributed by atoms with Crippen molar-refractivity contribution in [1.29, 1.82) is 0 Å². The number of fused-ring (bicyclic) bond motifs is 4. The van der Waals surface area contributed by atoms with Crippen molar-refractivity contribution in [2.75, 3.05) is 0 Å². The highest BCUT2D eigenvalue weighted by Crippen LogP contribution is 2.32. The molecule has 4 aromatic rings. The summed E-state index contributed by atoms with van der Waals surface area (Å²) >= 11 is 0. The molecule has 0 unspecified atom stereocenters. The molecular weight excluding hydrogens is 290 g/mol. The first-order valence-corrected chi connectivity index (χ1v) is 7.63. The molecule has 1 aliphatic rings. The maximum absolute atomic E-state index is 12.6. The second-order valence-electron chi connectivity index (χ2n) is 5.92. The lowest BCUT2D eigenvalue weighted by atomic mass is 9.85. The van der Waals surface area contributed by atoms with Gasteiger partial charge in [0.05, 0.1) is 28.6 Å². The quantitative estimate of drug-likeness (QED) is 0.541. The molecule has 3 aromatic heterocycles. The lowest BCUT2D eigenvalue weighted by Crippen LogP contribution is -2.20. The summed E-state index contributed by atoms with van der Waals surface area (Å²) in [4.78, 5) is 21.8. The molecule has 0 N–H and O–H groups in total. The van der Waals surface area contributed by atoms with E-state index in [1.165, 1.54) is 0 Å². The van der Waals surface area contributed by atoms with Gasteiger partial charge in [-0.25, -0.2) is 9.97 Å². The van der Waals surface area contributed by atoms with E-state index in [1.54, 1.807) is 6.26 Å². The number of benzene rings is 1. The van der Waals surface area contributed by atoms with Crippen LogP contribution < -0.4 is 0 Å². The summed E-state index contributed by atoms with van der Waals surface area (Å²) in [5.74, 6) is 1.65. The molecular formula is C18H13N3O2. The van der Waals surface area contributed by atoms with Crippen LogP contribution in [0.5, 0.6) is 0 Å². The van der Waals surface area contributed by atoms with Crippen LogP contribution in [0.25, 0.3) is 16.8 Å². The van der Waals surface area contributed by atoms with Crippen molar-refractivity contribution in [1.82, 2.24) is 14.4 Å². The minimum atomic E-state index is 0.0596. The van der Waals surface area contributed by atoms with Gasteiger partial charge in [0, 0.05) is 25.0 Å². The highest BCUT2D eigenvalue weighted by molar-refractivity contribution is 5.99. The van der Waals surface area contributed by atoms with Crippen LogP contribution in [0.2, 0.25) is 0 Å². The number of aromatic nitrogens is 3. The zero-order valence-electron chi connectivity index (χ0n) is 12.3. The fourth-order valence-electron chi connectivity index (χ4n) is 3.38. The van der Waals surface area contributed by atoms with E-state index in [1.807, 2.05) is 47.0 Å². The molecule has 0 radical (unpaired) electrons. The third-order valence-electron chi connectivity index (χ3n) is 4.50. The van der Waals surface area contributed by atoms with Crippen LogP contribution in [-0.2, 0) is 6.42 Å². The maximum Gasteiger partial charge on any atom is 0.235 e. The number of carbonyl (C=O) groups is 1. The van der Waals surface area contributed by atoms with Gasteiger partial charge in [0.1, 0.15) is 5.76 Å². The number of para-hydroxylation sites is 2. The lowest BCUT2D eigenvalue weighted by Gasteiger charge is -2.21. The average Bonchev–Trinajstić information content (AvgIpc) is 3.20. The predicted octanol–water partition coefficient (Wildman–Crippen LogP) is 3.39. The summed E-state index contributed by atoms with van der Waals surface area (Å²) in [6.45, 7) is 0. The summed E-state index contributed by atoms with van der Waals surface area (Å²) in [6, 6.07) is 11.6. The third-order valence-corrected chi connectivity index (χ3v) is 4.50. The summed E-state index contributed by atoms with van der Waals surface area (Å²) in [5, 5.41) is 0. The predicted molar refractivity (Wildman–Crippen MR) is 84.6 cm³/mol. The number of rotatable bonds is 1. The number of nitrogens with zero attached hydrogens (tertiary/aromatic N) is 3. The minimum absolute atomic E-state index is 0.0596. The highest BCUT2D eigenvalue weighted by atomic mass is 16.3. The zero-order chi connectivity index (χ0) is 15.4. The second kappa shape index (κ2) is 4.52. The molecule has 0 saturated heterocycles. The number of hydrogen-bond acceptors (Lipinski definition) is 4. The van der Waals surface area contributed by atoms with Crippen molar-refractivity contribution < 1.29 is 9.21 Å². The summed E-state index contributed by atoms with van der Waals surface area (Å²) in [7, 11) is 0. The van der Waals surface area contributed by atoms with Gasteiger partial charge in [0.15, 0.2) is 5.78 Å². The van der Waals surface area contributed by atoms with Gasteiger partial charge in [0.25, 0.3) is 0 Å². The van der Waals surface area contributed by atoms with Gasteiger partial charge in [-0.3, -0.25) is 9.20 Å². The molecule has 1 atom stereocenters. The van der Waals surface area contributed by atoms with Gasteiger partial charge in [0.2, 0.25) is 5.78 Å². The van der Waals surface area contributed by atoms with Crippen molar-refractivity contribution in [2.45, 2.75) is 18.8 Å². The van der Waals surface area contributed by atoms with Crippen molar-refractivity contribution in [3.05, 3.63) is 65.9 Å². The Morgan fingerprint density at radius 3 is 2.87 bits per heavy atom. The minimum Gasteiger partial charge on any atom is -0.469 e.